The molecule has 4 heteroatoms. The van der Waals surface area contributed by atoms with E-state index in [2.05, 4.69) is 19.2 Å². The Balaban J connectivity index is 1.97. The molecule has 0 saturated heterocycles. The van der Waals surface area contributed by atoms with Crippen molar-refractivity contribution in [2.45, 2.75) is 46.0 Å². The Kier molecular flexibility index (Phi) is 8.32. The smallest absolute Gasteiger partial charge is 0.0976 e. The molecule has 0 aliphatic rings. The van der Waals surface area contributed by atoms with Gasteiger partial charge in [-0.05, 0) is 49.9 Å². The molecular weight excluding hydrogens is 285 g/mol. The maximum absolute atomic E-state index is 6.08. The summed E-state index contributed by atoms with van der Waals surface area (Å²) in [6.07, 6.45) is 6.09. The number of hydrogen-bond acceptors (Lipinski definition) is 2. The maximum Gasteiger partial charge on any atom is 0.0976 e. The van der Waals surface area contributed by atoms with Gasteiger partial charge in [-0.25, -0.2) is 0 Å². The van der Waals surface area contributed by atoms with Crippen molar-refractivity contribution >= 4 is 34.5 Å². The van der Waals surface area contributed by atoms with E-state index in [-0.39, 0.29) is 0 Å². The molecule has 0 aromatic carbocycles. The minimum absolute atomic E-state index is 0.746. The minimum atomic E-state index is 0.746. The first kappa shape index (κ1) is 16.3. The van der Waals surface area contributed by atoms with Crippen LogP contribution in [0.2, 0.25) is 8.67 Å². The number of unbranched alkanes of at least 4 members (excludes halogenated alkanes) is 3. The highest BCUT2D eigenvalue weighted by molar-refractivity contribution is 7.20. The predicted molar refractivity (Wildman–Crippen MR) is 84.2 cm³/mol. The Labute approximate surface area is 125 Å². The summed E-state index contributed by atoms with van der Waals surface area (Å²) in [5, 5.41) is 3.47. The SMILES string of the molecule is CC(C)CNCCCCCCc1cc(Cl)sc1Cl. The lowest BCUT2D eigenvalue weighted by Crippen LogP contribution is -2.20. The van der Waals surface area contributed by atoms with Crippen LogP contribution >= 0.6 is 34.5 Å². The van der Waals surface area contributed by atoms with Crippen LogP contribution in [0.1, 0.15) is 45.1 Å². The molecule has 0 unspecified atom stereocenters. The van der Waals surface area contributed by atoms with Crippen molar-refractivity contribution in [1.82, 2.24) is 5.32 Å². The van der Waals surface area contributed by atoms with E-state index >= 15 is 0 Å². The second kappa shape index (κ2) is 9.19. The van der Waals surface area contributed by atoms with Crippen molar-refractivity contribution < 1.29 is 0 Å². The van der Waals surface area contributed by atoms with Gasteiger partial charge in [-0.1, -0.05) is 49.9 Å². The molecule has 104 valence electrons. The lowest BCUT2D eigenvalue weighted by molar-refractivity contribution is 0.526. The molecule has 0 aliphatic carbocycles. The first-order valence-corrected chi connectivity index (χ1v) is 8.31. The molecule has 1 nitrogen and oxygen atoms in total. The van der Waals surface area contributed by atoms with Gasteiger partial charge >= 0.3 is 0 Å². The summed E-state index contributed by atoms with van der Waals surface area (Å²) in [6, 6.07) is 2.00. The van der Waals surface area contributed by atoms with Crippen LogP contribution in [0, 0.1) is 5.92 Å². The van der Waals surface area contributed by atoms with Crippen LogP contribution in [-0.4, -0.2) is 13.1 Å². The largest absolute Gasteiger partial charge is 0.316 e. The molecule has 0 spiro atoms. The normalized spacial score (nSPS) is 11.4. The van der Waals surface area contributed by atoms with Crippen LogP contribution in [0.5, 0.6) is 0 Å². The standard InChI is InChI=1S/C14H23Cl2NS/c1-11(2)10-17-8-6-4-3-5-7-12-9-13(15)18-14(12)16/h9,11,17H,3-8,10H2,1-2H3. The van der Waals surface area contributed by atoms with Gasteiger partial charge in [-0.3, -0.25) is 0 Å². The van der Waals surface area contributed by atoms with E-state index in [4.69, 9.17) is 23.2 Å². The lowest BCUT2D eigenvalue weighted by atomic mass is 10.1. The summed E-state index contributed by atoms with van der Waals surface area (Å²) >= 11 is 13.5. The van der Waals surface area contributed by atoms with Crippen LogP contribution in [0.3, 0.4) is 0 Å². The van der Waals surface area contributed by atoms with Gasteiger partial charge in [0.25, 0.3) is 0 Å². The Morgan fingerprint density at radius 2 is 1.89 bits per heavy atom. The van der Waals surface area contributed by atoms with Gasteiger partial charge in [-0.2, -0.15) is 0 Å². The van der Waals surface area contributed by atoms with E-state index in [0.29, 0.717) is 0 Å². The molecule has 0 amide bonds. The molecule has 1 rings (SSSR count). The summed E-state index contributed by atoms with van der Waals surface area (Å²) in [4.78, 5) is 0. The van der Waals surface area contributed by atoms with Crippen LogP contribution in [-0.2, 0) is 6.42 Å². The average molecular weight is 308 g/mol. The molecule has 1 heterocycles. The van der Waals surface area contributed by atoms with Crippen molar-refractivity contribution in [2.75, 3.05) is 13.1 Å². The minimum Gasteiger partial charge on any atom is -0.316 e. The van der Waals surface area contributed by atoms with Crippen molar-refractivity contribution in [3.8, 4) is 0 Å². The van der Waals surface area contributed by atoms with E-state index in [9.17, 15) is 0 Å². The molecular formula is C14H23Cl2NS. The van der Waals surface area contributed by atoms with Gasteiger partial charge in [0.2, 0.25) is 0 Å². The highest BCUT2D eigenvalue weighted by atomic mass is 35.5. The zero-order chi connectivity index (χ0) is 13.4. The molecule has 0 saturated carbocycles. The Hall–Kier alpha value is 0.240. The van der Waals surface area contributed by atoms with Crippen molar-refractivity contribution in [3.05, 3.63) is 20.3 Å². The van der Waals surface area contributed by atoms with E-state index in [0.717, 1.165) is 34.1 Å². The van der Waals surface area contributed by atoms with E-state index < -0.39 is 0 Å². The van der Waals surface area contributed by atoms with Crippen LogP contribution in [0.4, 0.5) is 0 Å². The summed E-state index contributed by atoms with van der Waals surface area (Å²) in [5.41, 5.74) is 1.21. The second-order valence-corrected chi connectivity index (χ2v) is 7.40. The maximum atomic E-state index is 6.08. The van der Waals surface area contributed by atoms with Crippen LogP contribution < -0.4 is 5.32 Å². The Morgan fingerprint density at radius 1 is 1.17 bits per heavy atom. The predicted octanol–water partition coefficient (Wildman–Crippen LogP) is 5.40. The monoisotopic (exact) mass is 307 g/mol. The number of nitrogens with one attached hydrogen (secondary N) is 1. The zero-order valence-electron chi connectivity index (χ0n) is 11.3. The number of thiophene rings is 1. The highest BCUT2D eigenvalue weighted by Crippen LogP contribution is 2.32. The van der Waals surface area contributed by atoms with Crippen molar-refractivity contribution in [1.29, 1.82) is 0 Å². The molecule has 0 bridgehead atoms. The van der Waals surface area contributed by atoms with Gasteiger partial charge in [0.1, 0.15) is 0 Å². The summed E-state index contributed by atoms with van der Waals surface area (Å²) in [5.74, 6) is 0.746. The quantitative estimate of drug-likeness (QED) is 0.602. The number of rotatable bonds is 9. The average Bonchev–Trinajstić information content (AvgIpc) is 2.61. The van der Waals surface area contributed by atoms with Gasteiger partial charge in [0.05, 0.1) is 8.67 Å². The fourth-order valence-electron chi connectivity index (χ4n) is 1.85. The highest BCUT2D eigenvalue weighted by Gasteiger charge is 2.05. The summed E-state index contributed by atoms with van der Waals surface area (Å²) in [6.45, 7) is 6.75. The first-order valence-electron chi connectivity index (χ1n) is 6.74. The third-order valence-electron chi connectivity index (χ3n) is 2.83. The molecule has 1 N–H and O–H groups in total. The number of halogens is 2. The molecule has 0 aliphatic heterocycles. The van der Waals surface area contributed by atoms with E-state index in [1.165, 1.54) is 42.6 Å². The molecule has 18 heavy (non-hydrogen) atoms. The molecule has 0 atom stereocenters. The van der Waals surface area contributed by atoms with Crippen molar-refractivity contribution in [2.24, 2.45) is 5.92 Å². The fourth-order valence-corrected chi connectivity index (χ4v) is 3.40. The summed E-state index contributed by atoms with van der Waals surface area (Å²) in [7, 11) is 0. The van der Waals surface area contributed by atoms with Gasteiger partial charge in [0, 0.05) is 0 Å². The molecule has 0 radical (unpaired) electrons. The van der Waals surface area contributed by atoms with Gasteiger partial charge in [0.15, 0.2) is 0 Å². The third kappa shape index (κ3) is 6.98. The van der Waals surface area contributed by atoms with Gasteiger partial charge in [-0.15, -0.1) is 11.3 Å². The third-order valence-corrected chi connectivity index (χ3v) is 4.40. The Morgan fingerprint density at radius 3 is 2.50 bits per heavy atom. The first-order chi connectivity index (χ1) is 8.59. The number of hydrogen-bond donors (Lipinski definition) is 1. The van der Waals surface area contributed by atoms with Gasteiger partial charge < -0.3 is 5.32 Å². The molecule has 1 aromatic heterocycles. The number of aryl methyl sites for hydroxylation is 1. The fraction of sp³-hybridized carbons (Fsp3) is 0.714. The van der Waals surface area contributed by atoms with Crippen molar-refractivity contribution in [3.63, 3.8) is 0 Å². The van der Waals surface area contributed by atoms with Crippen LogP contribution in [0.25, 0.3) is 0 Å². The van der Waals surface area contributed by atoms with Crippen LogP contribution in [0.15, 0.2) is 6.07 Å². The molecule has 0 fully saturated rings. The second-order valence-electron chi connectivity index (χ2n) is 5.11. The topological polar surface area (TPSA) is 12.0 Å². The van der Waals surface area contributed by atoms with E-state index in [1.54, 1.807) is 0 Å². The Bertz CT molecular complexity index is 337. The summed E-state index contributed by atoms with van der Waals surface area (Å²) < 4.78 is 1.66. The zero-order valence-corrected chi connectivity index (χ0v) is 13.6. The van der Waals surface area contributed by atoms with E-state index in [1.807, 2.05) is 6.07 Å². The molecule has 1 aromatic rings. The lowest BCUT2D eigenvalue weighted by Gasteiger charge is -2.06.